The second-order valence-corrected chi connectivity index (χ2v) is 6.50. The Morgan fingerprint density at radius 1 is 1.05 bits per heavy atom. The molecular weight excluding hydrogens is 260 g/mol. The summed E-state index contributed by atoms with van der Waals surface area (Å²) in [6, 6.07) is 4.84. The molecular formula is C17H28N4. The standard InChI is InChI=1S/C17H28N4/c18-15-4-5-16(19-14-15)6-11-20-12-7-17(8-13-20)21-9-2-1-3-10-21/h4-5,14,17H,1-3,6-13,18H2. The van der Waals surface area contributed by atoms with Gasteiger partial charge in [0.05, 0.1) is 11.9 Å². The highest BCUT2D eigenvalue weighted by Gasteiger charge is 2.25. The summed E-state index contributed by atoms with van der Waals surface area (Å²) >= 11 is 0. The van der Waals surface area contributed by atoms with E-state index >= 15 is 0 Å². The first-order valence-electron chi connectivity index (χ1n) is 8.48. The van der Waals surface area contributed by atoms with Crippen molar-refractivity contribution in [3.05, 3.63) is 24.0 Å². The van der Waals surface area contributed by atoms with Gasteiger partial charge in [0, 0.05) is 24.7 Å². The molecule has 4 heteroatoms. The van der Waals surface area contributed by atoms with E-state index in [-0.39, 0.29) is 0 Å². The first-order valence-corrected chi connectivity index (χ1v) is 8.48. The van der Waals surface area contributed by atoms with Crippen LogP contribution in [0.1, 0.15) is 37.8 Å². The molecule has 21 heavy (non-hydrogen) atoms. The monoisotopic (exact) mass is 288 g/mol. The van der Waals surface area contributed by atoms with E-state index in [1.165, 1.54) is 58.3 Å². The predicted molar refractivity (Wildman–Crippen MR) is 87.2 cm³/mol. The van der Waals surface area contributed by atoms with E-state index < -0.39 is 0 Å². The van der Waals surface area contributed by atoms with Crippen molar-refractivity contribution in [1.82, 2.24) is 14.8 Å². The fraction of sp³-hybridized carbons (Fsp3) is 0.706. The summed E-state index contributed by atoms with van der Waals surface area (Å²) in [5.41, 5.74) is 7.58. The number of aromatic nitrogens is 1. The molecule has 0 aliphatic carbocycles. The number of nitrogen functional groups attached to an aromatic ring is 1. The lowest BCUT2D eigenvalue weighted by atomic mass is 10.00. The van der Waals surface area contributed by atoms with Gasteiger partial charge < -0.3 is 15.5 Å². The van der Waals surface area contributed by atoms with Gasteiger partial charge in [0.25, 0.3) is 0 Å². The quantitative estimate of drug-likeness (QED) is 0.922. The van der Waals surface area contributed by atoms with Crippen molar-refractivity contribution in [2.24, 2.45) is 0 Å². The number of rotatable bonds is 4. The molecule has 2 aliphatic rings. The molecule has 0 bridgehead atoms. The summed E-state index contributed by atoms with van der Waals surface area (Å²) in [6.07, 6.45) is 9.73. The molecule has 4 nitrogen and oxygen atoms in total. The van der Waals surface area contributed by atoms with E-state index in [9.17, 15) is 0 Å². The van der Waals surface area contributed by atoms with E-state index in [0.717, 1.165) is 30.4 Å². The Balaban J connectivity index is 1.40. The molecule has 0 atom stereocenters. The maximum atomic E-state index is 5.67. The molecule has 0 radical (unpaired) electrons. The second kappa shape index (κ2) is 7.23. The number of nitrogens with zero attached hydrogens (tertiary/aromatic N) is 3. The van der Waals surface area contributed by atoms with Crippen LogP contribution in [0.3, 0.4) is 0 Å². The van der Waals surface area contributed by atoms with Gasteiger partial charge in [0.1, 0.15) is 0 Å². The third-order valence-corrected chi connectivity index (χ3v) is 5.00. The molecule has 1 aromatic heterocycles. The topological polar surface area (TPSA) is 45.4 Å². The van der Waals surface area contributed by atoms with Crippen LogP contribution in [0.15, 0.2) is 18.3 Å². The number of hydrogen-bond donors (Lipinski definition) is 1. The van der Waals surface area contributed by atoms with Gasteiger partial charge in [-0.1, -0.05) is 6.42 Å². The van der Waals surface area contributed by atoms with Crippen LogP contribution in [-0.4, -0.2) is 53.5 Å². The zero-order valence-corrected chi connectivity index (χ0v) is 13.0. The Bertz CT molecular complexity index is 417. The van der Waals surface area contributed by atoms with Gasteiger partial charge in [0.2, 0.25) is 0 Å². The third-order valence-electron chi connectivity index (χ3n) is 5.00. The molecule has 2 N–H and O–H groups in total. The molecule has 3 heterocycles. The number of nitrogens with two attached hydrogens (primary N) is 1. The Morgan fingerprint density at radius 2 is 1.81 bits per heavy atom. The van der Waals surface area contributed by atoms with Crippen LogP contribution in [0.25, 0.3) is 0 Å². The van der Waals surface area contributed by atoms with Crippen molar-refractivity contribution in [3.63, 3.8) is 0 Å². The van der Waals surface area contributed by atoms with Gasteiger partial charge in [0.15, 0.2) is 0 Å². The first-order chi connectivity index (χ1) is 10.3. The smallest absolute Gasteiger partial charge is 0.0501 e. The number of piperidine rings is 2. The first kappa shape index (κ1) is 14.8. The zero-order valence-electron chi connectivity index (χ0n) is 13.0. The fourth-order valence-corrected chi connectivity index (χ4v) is 3.65. The predicted octanol–water partition coefficient (Wildman–Crippen LogP) is 2.16. The van der Waals surface area contributed by atoms with Gasteiger partial charge in [-0.2, -0.15) is 0 Å². The van der Waals surface area contributed by atoms with E-state index in [1.807, 2.05) is 6.07 Å². The second-order valence-electron chi connectivity index (χ2n) is 6.50. The Morgan fingerprint density at radius 3 is 2.48 bits per heavy atom. The molecule has 116 valence electrons. The summed E-state index contributed by atoms with van der Waals surface area (Å²) in [6.45, 7) is 6.29. The van der Waals surface area contributed by atoms with Crippen LogP contribution in [0, 0.1) is 0 Å². The molecule has 0 amide bonds. The minimum Gasteiger partial charge on any atom is -0.397 e. The highest BCUT2D eigenvalue weighted by molar-refractivity contribution is 5.34. The molecule has 3 rings (SSSR count). The van der Waals surface area contributed by atoms with E-state index in [0.29, 0.717) is 0 Å². The van der Waals surface area contributed by atoms with Crippen LogP contribution < -0.4 is 5.73 Å². The Labute approximate surface area is 128 Å². The van der Waals surface area contributed by atoms with Crippen molar-refractivity contribution < 1.29 is 0 Å². The van der Waals surface area contributed by atoms with E-state index in [4.69, 9.17) is 5.73 Å². The minimum atomic E-state index is 0.751. The van der Waals surface area contributed by atoms with Crippen LogP contribution >= 0.6 is 0 Å². The number of hydrogen-bond acceptors (Lipinski definition) is 4. The highest BCUT2D eigenvalue weighted by Crippen LogP contribution is 2.20. The zero-order chi connectivity index (χ0) is 14.5. The number of anilines is 1. The third kappa shape index (κ3) is 4.17. The van der Waals surface area contributed by atoms with Crippen molar-refractivity contribution in [1.29, 1.82) is 0 Å². The van der Waals surface area contributed by atoms with Gasteiger partial charge in [-0.05, 0) is 64.0 Å². The molecule has 0 spiro atoms. The van der Waals surface area contributed by atoms with Crippen molar-refractivity contribution >= 4 is 5.69 Å². The van der Waals surface area contributed by atoms with Gasteiger partial charge >= 0.3 is 0 Å². The summed E-state index contributed by atoms with van der Waals surface area (Å²) in [7, 11) is 0. The average Bonchev–Trinajstić information content (AvgIpc) is 2.56. The highest BCUT2D eigenvalue weighted by atomic mass is 15.2. The summed E-state index contributed by atoms with van der Waals surface area (Å²) in [4.78, 5) is 9.73. The number of pyridine rings is 1. The minimum absolute atomic E-state index is 0.751. The summed E-state index contributed by atoms with van der Waals surface area (Å²) in [5.74, 6) is 0. The van der Waals surface area contributed by atoms with Crippen molar-refractivity contribution in [2.75, 3.05) is 38.5 Å². The van der Waals surface area contributed by atoms with Crippen LogP contribution in [0.5, 0.6) is 0 Å². The lowest BCUT2D eigenvalue weighted by molar-refractivity contribution is 0.0930. The van der Waals surface area contributed by atoms with E-state index in [2.05, 4.69) is 20.9 Å². The normalized spacial score (nSPS) is 22.5. The van der Waals surface area contributed by atoms with Crippen LogP contribution in [-0.2, 0) is 6.42 Å². The van der Waals surface area contributed by atoms with Gasteiger partial charge in [-0.15, -0.1) is 0 Å². The lowest BCUT2D eigenvalue weighted by Gasteiger charge is -2.40. The molecule has 2 saturated heterocycles. The molecule has 0 saturated carbocycles. The SMILES string of the molecule is Nc1ccc(CCN2CCC(N3CCCCC3)CC2)nc1. The lowest BCUT2D eigenvalue weighted by Crippen LogP contribution is -2.47. The Hall–Kier alpha value is -1.13. The Kier molecular flexibility index (Phi) is 5.09. The molecule has 2 aliphatic heterocycles. The molecule has 0 unspecified atom stereocenters. The van der Waals surface area contributed by atoms with Crippen molar-refractivity contribution in [3.8, 4) is 0 Å². The van der Waals surface area contributed by atoms with E-state index in [1.54, 1.807) is 6.20 Å². The molecule has 0 aromatic carbocycles. The maximum Gasteiger partial charge on any atom is 0.0501 e. The number of likely N-dealkylation sites (tertiary alicyclic amines) is 2. The fourth-order valence-electron chi connectivity index (χ4n) is 3.65. The average molecular weight is 288 g/mol. The molecule has 2 fully saturated rings. The van der Waals surface area contributed by atoms with Crippen LogP contribution in [0.2, 0.25) is 0 Å². The van der Waals surface area contributed by atoms with Gasteiger partial charge in [-0.3, -0.25) is 4.98 Å². The van der Waals surface area contributed by atoms with Crippen LogP contribution in [0.4, 0.5) is 5.69 Å². The summed E-state index contributed by atoms with van der Waals surface area (Å²) < 4.78 is 0. The van der Waals surface area contributed by atoms with Crippen molar-refractivity contribution in [2.45, 2.75) is 44.6 Å². The largest absolute Gasteiger partial charge is 0.397 e. The maximum absolute atomic E-state index is 5.67. The van der Waals surface area contributed by atoms with Gasteiger partial charge in [-0.25, -0.2) is 0 Å². The molecule has 1 aromatic rings. The summed E-state index contributed by atoms with van der Waals surface area (Å²) in [5, 5.41) is 0.